The minimum Gasteiger partial charge on any atom is -0.263 e. The first kappa shape index (κ1) is 19.4. The number of halogens is 3. The van der Waals surface area contributed by atoms with Crippen molar-refractivity contribution < 1.29 is 21.6 Å². The van der Waals surface area contributed by atoms with Gasteiger partial charge in [0.05, 0.1) is 15.1 Å². The van der Waals surface area contributed by atoms with Crippen LogP contribution in [-0.4, -0.2) is 23.2 Å². The van der Waals surface area contributed by atoms with Crippen LogP contribution in [0.3, 0.4) is 0 Å². The van der Waals surface area contributed by atoms with E-state index >= 15 is 0 Å². The molecule has 4 rings (SSSR count). The zero-order valence-corrected chi connectivity index (χ0v) is 16.4. The van der Waals surface area contributed by atoms with Crippen LogP contribution >= 0.6 is 11.3 Å². The van der Waals surface area contributed by atoms with Crippen LogP contribution in [0.25, 0.3) is 15.3 Å². The molecule has 0 fully saturated rings. The van der Waals surface area contributed by atoms with Gasteiger partial charge >= 0.3 is 0 Å². The lowest BCUT2D eigenvalue weighted by molar-refractivity contribution is 0.145. The minimum absolute atomic E-state index is 0.0339. The van der Waals surface area contributed by atoms with Gasteiger partial charge in [-0.1, -0.05) is 29.5 Å². The summed E-state index contributed by atoms with van der Waals surface area (Å²) in [5.41, 5.74) is 0.223. The van der Waals surface area contributed by atoms with Crippen molar-refractivity contribution in [1.29, 1.82) is 0 Å². The standard InChI is InChI=1S/C18H13F3N4O2S2/c1-10-7-13-15(8-12(10)19)28-18(22-13)25-16(9-14(23-25)17(20)21)24-29(26,27)11-5-3-2-4-6-11/h2-9,17,24H,1H3. The van der Waals surface area contributed by atoms with Crippen molar-refractivity contribution >= 4 is 37.4 Å². The van der Waals surface area contributed by atoms with Gasteiger partial charge in [-0.25, -0.2) is 26.6 Å². The number of hydrogen-bond donors (Lipinski definition) is 1. The molecule has 6 nitrogen and oxygen atoms in total. The second-order valence-corrected chi connectivity index (χ2v) is 8.84. The molecule has 150 valence electrons. The Labute approximate surface area is 167 Å². The molecular formula is C18H13F3N4O2S2. The van der Waals surface area contributed by atoms with Gasteiger partial charge in [0, 0.05) is 6.07 Å². The van der Waals surface area contributed by atoms with Crippen LogP contribution in [0.5, 0.6) is 0 Å². The molecule has 0 atom stereocenters. The molecule has 0 bridgehead atoms. The highest BCUT2D eigenvalue weighted by molar-refractivity contribution is 7.92. The van der Waals surface area contributed by atoms with E-state index in [0.29, 0.717) is 15.8 Å². The number of hydrogen-bond acceptors (Lipinski definition) is 5. The van der Waals surface area contributed by atoms with Crippen molar-refractivity contribution in [3.63, 3.8) is 0 Å². The molecular weight excluding hydrogens is 425 g/mol. The Bertz CT molecular complexity index is 1260. The van der Waals surface area contributed by atoms with Gasteiger partial charge < -0.3 is 0 Å². The molecule has 2 aromatic heterocycles. The molecule has 0 unspecified atom stereocenters. The molecule has 0 aliphatic carbocycles. The van der Waals surface area contributed by atoms with Crippen molar-refractivity contribution in [3.05, 3.63) is 65.6 Å². The number of aryl methyl sites for hydroxylation is 1. The van der Waals surface area contributed by atoms with Crippen LogP contribution in [-0.2, 0) is 10.0 Å². The molecule has 0 saturated heterocycles. The zero-order chi connectivity index (χ0) is 20.8. The lowest BCUT2D eigenvalue weighted by Gasteiger charge is -2.08. The largest absolute Gasteiger partial charge is 0.282 e. The van der Waals surface area contributed by atoms with Crippen molar-refractivity contribution in [2.45, 2.75) is 18.2 Å². The number of alkyl halides is 2. The molecule has 0 amide bonds. The fraction of sp³-hybridized carbons (Fsp3) is 0.111. The summed E-state index contributed by atoms with van der Waals surface area (Å²) >= 11 is 1.00. The van der Waals surface area contributed by atoms with Crippen LogP contribution in [0.2, 0.25) is 0 Å². The summed E-state index contributed by atoms with van der Waals surface area (Å²) in [6.07, 6.45) is -2.91. The van der Waals surface area contributed by atoms with E-state index in [4.69, 9.17) is 0 Å². The maximum Gasteiger partial charge on any atom is 0.282 e. The summed E-state index contributed by atoms with van der Waals surface area (Å²) in [4.78, 5) is 4.26. The van der Waals surface area contributed by atoms with E-state index in [-0.39, 0.29) is 15.8 Å². The van der Waals surface area contributed by atoms with E-state index < -0.39 is 28.0 Å². The lowest BCUT2D eigenvalue weighted by atomic mass is 10.2. The third-order valence-corrected chi connectivity index (χ3v) is 6.45. The summed E-state index contributed by atoms with van der Waals surface area (Å²) in [6.45, 7) is 1.58. The van der Waals surface area contributed by atoms with E-state index in [1.807, 2.05) is 0 Å². The Balaban J connectivity index is 1.82. The van der Waals surface area contributed by atoms with Crippen molar-refractivity contribution in [2.75, 3.05) is 4.72 Å². The zero-order valence-electron chi connectivity index (χ0n) is 14.8. The van der Waals surface area contributed by atoms with Gasteiger partial charge in [-0.15, -0.1) is 0 Å². The Morgan fingerprint density at radius 3 is 2.55 bits per heavy atom. The molecule has 29 heavy (non-hydrogen) atoms. The first-order valence-electron chi connectivity index (χ1n) is 8.27. The number of nitrogens with one attached hydrogen (secondary N) is 1. The second-order valence-electron chi connectivity index (χ2n) is 6.15. The van der Waals surface area contributed by atoms with Crippen LogP contribution in [0.1, 0.15) is 17.7 Å². The Morgan fingerprint density at radius 2 is 1.86 bits per heavy atom. The molecule has 11 heteroatoms. The molecule has 0 aliphatic heterocycles. The quantitative estimate of drug-likeness (QED) is 0.491. The van der Waals surface area contributed by atoms with Crippen LogP contribution in [0.4, 0.5) is 19.0 Å². The molecule has 2 heterocycles. The van der Waals surface area contributed by atoms with Crippen molar-refractivity contribution in [1.82, 2.24) is 14.8 Å². The van der Waals surface area contributed by atoms with Crippen molar-refractivity contribution in [2.24, 2.45) is 0 Å². The molecule has 0 spiro atoms. The topological polar surface area (TPSA) is 76.9 Å². The van der Waals surface area contributed by atoms with Crippen LogP contribution < -0.4 is 4.72 Å². The number of thiazole rings is 1. The van der Waals surface area contributed by atoms with Gasteiger partial charge in [0.1, 0.15) is 17.3 Å². The molecule has 1 N–H and O–H groups in total. The predicted octanol–water partition coefficient (Wildman–Crippen LogP) is 4.67. The summed E-state index contributed by atoms with van der Waals surface area (Å²) in [5.74, 6) is -0.619. The van der Waals surface area contributed by atoms with E-state index in [2.05, 4.69) is 14.8 Å². The second kappa shape index (κ2) is 7.16. The third-order valence-electron chi connectivity index (χ3n) is 4.08. The smallest absolute Gasteiger partial charge is 0.263 e. The number of aromatic nitrogens is 3. The SMILES string of the molecule is Cc1cc2nc(-n3nc(C(F)F)cc3NS(=O)(=O)c3ccccc3)sc2cc1F. The van der Waals surface area contributed by atoms with Crippen LogP contribution in [0.15, 0.2) is 53.4 Å². The normalized spacial score (nSPS) is 12.0. The van der Waals surface area contributed by atoms with Gasteiger partial charge in [0.25, 0.3) is 16.4 Å². The summed E-state index contributed by atoms with van der Waals surface area (Å²) < 4.78 is 69.3. The maximum absolute atomic E-state index is 13.8. The monoisotopic (exact) mass is 438 g/mol. The van der Waals surface area contributed by atoms with Crippen molar-refractivity contribution in [3.8, 4) is 5.13 Å². The number of nitrogens with zero attached hydrogens (tertiary/aromatic N) is 3. The highest BCUT2D eigenvalue weighted by atomic mass is 32.2. The number of sulfonamides is 1. The molecule has 4 aromatic rings. The predicted molar refractivity (Wildman–Crippen MR) is 104 cm³/mol. The molecule has 0 aliphatic rings. The molecule has 2 aromatic carbocycles. The first-order chi connectivity index (χ1) is 13.7. The van der Waals surface area contributed by atoms with Gasteiger partial charge in [-0.2, -0.15) is 9.78 Å². The van der Waals surface area contributed by atoms with Gasteiger partial charge in [-0.05, 0) is 36.8 Å². The van der Waals surface area contributed by atoms with Crippen LogP contribution in [0, 0.1) is 12.7 Å². The van der Waals surface area contributed by atoms with Gasteiger partial charge in [-0.3, -0.25) is 4.72 Å². The Hall–Kier alpha value is -2.92. The van der Waals surface area contributed by atoms with Gasteiger partial charge in [0.2, 0.25) is 5.13 Å². The summed E-state index contributed by atoms with van der Waals surface area (Å²) in [6, 6.07) is 11.2. The average Bonchev–Trinajstić information content (AvgIpc) is 3.26. The number of anilines is 1. The Morgan fingerprint density at radius 1 is 1.14 bits per heavy atom. The molecule has 0 radical (unpaired) electrons. The fourth-order valence-electron chi connectivity index (χ4n) is 2.65. The summed E-state index contributed by atoms with van der Waals surface area (Å²) in [7, 11) is -4.04. The number of fused-ring (bicyclic) bond motifs is 1. The van der Waals surface area contributed by atoms with E-state index in [9.17, 15) is 21.6 Å². The Kier molecular flexibility index (Phi) is 4.79. The van der Waals surface area contributed by atoms with E-state index in [1.165, 1.54) is 24.3 Å². The minimum atomic E-state index is -4.04. The van der Waals surface area contributed by atoms with E-state index in [0.717, 1.165) is 22.1 Å². The highest BCUT2D eigenvalue weighted by Gasteiger charge is 2.23. The highest BCUT2D eigenvalue weighted by Crippen LogP contribution is 2.31. The lowest BCUT2D eigenvalue weighted by Crippen LogP contribution is -2.15. The first-order valence-corrected chi connectivity index (χ1v) is 10.6. The summed E-state index contributed by atoms with van der Waals surface area (Å²) in [5, 5.41) is 3.92. The third kappa shape index (κ3) is 3.70. The number of rotatable bonds is 5. The molecule has 0 saturated carbocycles. The maximum atomic E-state index is 13.8. The van der Waals surface area contributed by atoms with E-state index in [1.54, 1.807) is 25.1 Å². The number of benzene rings is 2. The van der Waals surface area contributed by atoms with Gasteiger partial charge in [0.15, 0.2) is 0 Å². The fourth-order valence-corrected chi connectivity index (χ4v) is 4.64. The average molecular weight is 438 g/mol.